The van der Waals surface area contributed by atoms with Gasteiger partial charge in [-0.1, -0.05) is 11.6 Å². The number of carbonyl (C=O) groups excluding carboxylic acids is 2. The summed E-state index contributed by atoms with van der Waals surface area (Å²) >= 11 is 5.69. The van der Waals surface area contributed by atoms with Crippen LogP contribution in [0, 0.1) is 5.82 Å². The van der Waals surface area contributed by atoms with Crippen molar-refractivity contribution >= 4 is 39.1 Å². The predicted molar refractivity (Wildman–Crippen MR) is 90.9 cm³/mol. The minimum absolute atomic E-state index is 0.161. The van der Waals surface area contributed by atoms with E-state index in [-0.39, 0.29) is 21.8 Å². The molecule has 0 amide bonds. The van der Waals surface area contributed by atoms with E-state index in [1.54, 1.807) is 0 Å². The summed E-state index contributed by atoms with van der Waals surface area (Å²) in [6.45, 7) is -0.594. The number of ketones is 1. The lowest BCUT2D eigenvalue weighted by molar-refractivity contribution is 0.0470. The van der Waals surface area contributed by atoms with E-state index >= 15 is 0 Å². The summed E-state index contributed by atoms with van der Waals surface area (Å²) in [5, 5.41) is 0.161. The van der Waals surface area contributed by atoms with Crippen LogP contribution in [0.5, 0.6) is 0 Å². The van der Waals surface area contributed by atoms with Gasteiger partial charge in [0.15, 0.2) is 12.4 Å². The van der Waals surface area contributed by atoms with Crippen molar-refractivity contribution in [2.75, 3.05) is 17.6 Å². The van der Waals surface area contributed by atoms with Crippen LogP contribution in [0.15, 0.2) is 42.5 Å². The highest BCUT2D eigenvalue weighted by molar-refractivity contribution is 7.92. The van der Waals surface area contributed by atoms with E-state index in [0.717, 1.165) is 18.4 Å². The summed E-state index contributed by atoms with van der Waals surface area (Å²) in [6, 6.07) is 8.96. The number of benzene rings is 2. The number of sulfonamides is 1. The van der Waals surface area contributed by atoms with Crippen LogP contribution in [0.2, 0.25) is 5.02 Å². The van der Waals surface area contributed by atoms with Crippen molar-refractivity contribution in [1.82, 2.24) is 0 Å². The van der Waals surface area contributed by atoms with Crippen molar-refractivity contribution in [3.8, 4) is 0 Å². The van der Waals surface area contributed by atoms with Gasteiger partial charge in [0.05, 0.1) is 11.8 Å². The summed E-state index contributed by atoms with van der Waals surface area (Å²) in [7, 11) is -3.42. The van der Waals surface area contributed by atoms with Crippen molar-refractivity contribution in [3.63, 3.8) is 0 Å². The van der Waals surface area contributed by atoms with Crippen LogP contribution in [-0.4, -0.2) is 33.0 Å². The highest BCUT2D eigenvalue weighted by atomic mass is 35.5. The fraction of sp³-hybridized carbons (Fsp3) is 0.125. The summed E-state index contributed by atoms with van der Waals surface area (Å²) < 4.78 is 42.8. The van der Waals surface area contributed by atoms with E-state index < -0.39 is 34.2 Å². The number of anilines is 1. The van der Waals surface area contributed by atoms with Gasteiger partial charge < -0.3 is 4.74 Å². The number of rotatable bonds is 6. The van der Waals surface area contributed by atoms with Crippen LogP contribution >= 0.6 is 11.6 Å². The predicted octanol–water partition coefficient (Wildman–Crippen LogP) is 2.89. The molecule has 0 saturated heterocycles. The van der Waals surface area contributed by atoms with Gasteiger partial charge >= 0.3 is 5.97 Å². The van der Waals surface area contributed by atoms with Gasteiger partial charge in [0.25, 0.3) is 0 Å². The quantitative estimate of drug-likeness (QED) is 0.610. The lowest BCUT2D eigenvalue weighted by Gasteiger charge is -2.07. The second-order valence-electron chi connectivity index (χ2n) is 5.08. The third-order valence-corrected chi connectivity index (χ3v) is 3.83. The first-order valence-electron chi connectivity index (χ1n) is 6.89. The SMILES string of the molecule is CS(=O)(=O)Nc1ccc(C(=O)COC(=O)c2cc(Cl)ccc2F)cc1. The van der Waals surface area contributed by atoms with Crippen molar-refractivity contribution < 1.29 is 27.1 Å². The molecule has 0 unspecified atom stereocenters. The largest absolute Gasteiger partial charge is 0.454 e. The van der Waals surface area contributed by atoms with Gasteiger partial charge in [-0.2, -0.15) is 0 Å². The lowest BCUT2D eigenvalue weighted by Crippen LogP contribution is -2.15. The van der Waals surface area contributed by atoms with Gasteiger partial charge in [0, 0.05) is 16.3 Å². The van der Waals surface area contributed by atoms with E-state index in [0.29, 0.717) is 0 Å². The molecule has 0 aliphatic rings. The lowest BCUT2D eigenvalue weighted by atomic mass is 10.1. The first-order valence-corrected chi connectivity index (χ1v) is 9.16. The van der Waals surface area contributed by atoms with Crippen LogP contribution in [0.1, 0.15) is 20.7 Å². The van der Waals surface area contributed by atoms with Gasteiger partial charge in [0.2, 0.25) is 10.0 Å². The van der Waals surface area contributed by atoms with Crippen LogP contribution in [0.25, 0.3) is 0 Å². The average molecular weight is 386 g/mol. The zero-order chi connectivity index (χ0) is 18.6. The molecule has 0 fully saturated rings. The normalized spacial score (nSPS) is 11.0. The molecule has 2 rings (SSSR count). The van der Waals surface area contributed by atoms with Gasteiger partial charge in [-0.25, -0.2) is 17.6 Å². The van der Waals surface area contributed by atoms with Crippen molar-refractivity contribution in [2.45, 2.75) is 0 Å². The Labute approximate surface area is 148 Å². The number of hydrogen-bond acceptors (Lipinski definition) is 5. The molecule has 0 heterocycles. The molecule has 1 N–H and O–H groups in total. The minimum Gasteiger partial charge on any atom is -0.454 e. The zero-order valence-corrected chi connectivity index (χ0v) is 14.5. The second kappa shape index (κ2) is 7.62. The number of ether oxygens (including phenoxy) is 1. The first kappa shape index (κ1) is 18.9. The van der Waals surface area contributed by atoms with E-state index in [1.165, 1.54) is 30.3 Å². The molecular weight excluding hydrogens is 373 g/mol. The van der Waals surface area contributed by atoms with Crippen molar-refractivity contribution in [2.24, 2.45) is 0 Å². The molecule has 0 saturated carbocycles. The highest BCUT2D eigenvalue weighted by Gasteiger charge is 2.16. The van der Waals surface area contributed by atoms with E-state index in [2.05, 4.69) is 4.72 Å². The number of esters is 1. The molecule has 0 atom stereocenters. The molecule has 9 heteroatoms. The van der Waals surface area contributed by atoms with Crippen molar-refractivity contribution in [3.05, 3.63) is 64.4 Å². The Morgan fingerprint density at radius 1 is 1.16 bits per heavy atom. The maximum absolute atomic E-state index is 13.5. The summed E-state index contributed by atoms with van der Waals surface area (Å²) in [4.78, 5) is 23.8. The highest BCUT2D eigenvalue weighted by Crippen LogP contribution is 2.16. The number of nitrogens with one attached hydrogen (secondary N) is 1. The number of carbonyl (C=O) groups is 2. The van der Waals surface area contributed by atoms with Gasteiger partial charge in [-0.15, -0.1) is 0 Å². The molecule has 0 radical (unpaired) electrons. The summed E-state index contributed by atoms with van der Waals surface area (Å²) in [5.74, 6) is -2.34. The average Bonchev–Trinajstić information content (AvgIpc) is 2.53. The molecule has 2 aromatic rings. The Kier molecular flexibility index (Phi) is 5.76. The number of Topliss-reactive ketones (excluding diaryl/α,β-unsaturated/α-hetero) is 1. The third kappa shape index (κ3) is 5.54. The Balaban J connectivity index is 2.00. The van der Waals surface area contributed by atoms with Gasteiger partial charge in [0.1, 0.15) is 5.82 Å². The van der Waals surface area contributed by atoms with E-state index in [9.17, 15) is 22.4 Å². The standard InChI is InChI=1S/C16H13ClFNO5S/c1-25(22,23)19-12-5-2-10(3-6-12)15(20)9-24-16(21)13-8-11(17)4-7-14(13)18/h2-8,19H,9H2,1H3. The van der Waals surface area contributed by atoms with E-state index in [4.69, 9.17) is 16.3 Å². The van der Waals surface area contributed by atoms with Gasteiger partial charge in [-0.05, 0) is 42.5 Å². The number of hydrogen-bond donors (Lipinski definition) is 1. The first-order chi connectivity index (χ1) is 11.7. The second-order valence-corrected chi connectivity index (χ2v) is 7.26. The molecule has 0 aliphatic carbocycles. The Morgan fingerprint density at radius 3 is 2.40 bits per heavy atom. The molecule has 25 heavy (non-hydrogen) atoms. The summed E-state index contributed by atoms with van der Waals surface area (Å²) in [5.41, 5.74) is 0.128. The topological polar surface area (TPSA) is 89.5 Å². The van der Waals surface area contributed by atoms with E-state index in [1.807, 2.05) is 0 Å². The Hall–Kier alpha value is -2.45. The fourth-order valence-corrected chi connectivity index (χ4v) is 2.62. The number of halogens is 2. The molecule has 132 valence electrons. The maximum Gasteiger partial charge on any atom is 0.341 e. The zero-order valence-electron chi connectivity index (χ0n) is 13.0. The Bertz CT molecular complexity index is 913. The molecular formula is C16H13ClFNO5S. The van der Waals surface area contributed by atoms with Gasteiger partial charge in [-0.3, -0.25) is 9.52 Å². The molecule has 2 aromatic carbocycles. The van der Waals surface area contributed by atoms with Crippen LogP contribution in [0.4, 0.5) is 10.1 Å². The molecule has 0 bridgehead atoms. The van der Waals surface area contributed by atoms with Crippen LogP contribution in [-0.2, 0) is 14.8 Å². The molecule has 0 spiro atoms. The fourth-order valence-electron chi connectivity index (χ4n) is 1.88. The Morgan fingerprint density at radius 2 is 1.80 bits per heavy atom. The summed E-state index contributed by atoms with van der Waals surface area (Å²) in [6.07, 6.45) is 1.00. The maximum atomic E-state index is 13.5. The van der Waals surface area contributed by atoms with Crippen LogP contribution < -0.4 is 4.72 Å². The van der Waals surface area contributed by atoms with Crippen molar-refractivity contribution in [1.29, 1.82) is 0 Å². The molecule has 6 nitrogen and oxygen atoms in total. The minimum atomic E-state index is -3.42. The van der Waals surface area contributed by atoms with Crippen LogP contribution in [0.3, 0.4) is 0 Å². The third-order valence-electron chi connectivity index (χ3n) is 2.99. The smallest absolute Gasteiger partial charge is 0.341 e. The monoisotopic (exact) mass is 385 g/mol. The molecule has 0 aromatic heterocycles. The molecule has 0 aliphatic heterocycles.